The first-order valence-corrected chi connectivity index (χ1v) is 10.00. The minimum atomic E-state index is -0.465. The summed E-state index contributed by atoms with van der Waals surface area (Å²) in [6.45, 7) is 8.17. The Hall–Kier alpha value is -3.03. The van der Waals surface area contributed by atoms with Crippen LogP contribution in [0.5, 0.6) is 5.75 Å². The Morgan fingerprint density at radius 1 is 1.14 bits per heavy atom. The molecule has 2 aromatic rings. The largest absolute Gasteiger partial charge is 0.497 e. The molecule has 0 radical (unpaired) electrons. The zero-order chi connectivity index (χ0) is 21.0. The molecule has 156 valence electrons. The van der Waals surface area contributed by atoms with Crippen molar-refractivity contribution in [3.8, 4) is 11.4 Å². The molecule has 1 aliphatic rings. The molecule has 29 heavy (non-hydrogen) atoms. The summed E-state index contributed by atoms with van der Waals surface area (Å²) in [6, 6.07) is 7.48. The Bertz CT molecular complexity index is 872. The van der Waals surface area contributed by atoms with Crippen molar-refractivity contribution >= 4 is 12.0 Å². The number of carbonyl (C=O) groups excluding carboxylic acids is 2. The summed E-state index contributed by atoms with van der Waals surface area (Å²) in [5.74, 6) is 0.282. The normalized spacial score (nSPS) is 13.0. The van der Waals surface area contributed by atoms with Crippen LogP contribution >= 0.6 is 0 Å². The average molecular weight is 400 g/mol. The molecule has 0 aliphatic carbocycles. The molecule has 0 N–H and O–H groups in total. The number of nitrogens with zero attached hydrogens (tertiary/aromatic N) is 4. The maximum Gasteiger partial charge on any atom is 0.359 e. The van der Waals surface area contributed by atoms with Crippen LogP contribution in [0.2, 0.25) is 0 Å². The molecule has 0 fully saturated rings. The van der Waals surface area contributed by atoms with Crippen LogP contribution in [-0.2, 0) is 17.7 Å². The van der Waals surface area contributed by atoms with E-state index in [-0.39, 0.29) is 18.3 Å². The summed E-state index contributed by atoms with van der Waals surface area (Å²) in [6.07, 6.45) is 0.612. The van der Waals surface area contributed by atoms with Crippen molar-refractivity contribution in [2.24, 2.45) is 0 Å². The number of esters is 1. The van der Waals surface area contributed by atoms with Crippen molar-refractivity contribution in [3.63, 3.8) is 0 Å². The Morgan fingerprint density at radius 3 is 2.41 bits per heavy atom. The monoisotopic (exact) mass is 400 g/mol. The maximum absolute atomic E-state index is 12.8. The van der Waals surface area contributed by atoms with Crippen LogP contribution in [0.4, 0.5) is 4.79 Å². The van der Waals surface area contributed by atoms with E-state index in [0.29, 0.717) is 32.6 Å². The van der Waals surface area contributed by atoms with Crippen molar-refractivity contribution in [2.45, 2.75) is 33.7 Å². The number of urea groups is 1. The van der Waals surface area contributed by atoms with E-state index in [9.17, 15) is 9.59 Å². The summed E-state index contributed by atoms with van der Waals surface area (Å²) in [5.41, 5.74) is 2.80. The maximum atomic E-state index is 12.8. The second-order valence-electron chi connectivity index (χ2n) is 6.73. The summed E-state index contributed by atoms with van der Waals surface area (Å²) in [5, 5.41) is 4.56. The van der Waals surface area contributed by atoms with Crippen molar-refractivity contribution in [1.82, 2.24) is 19.6 Å². The number of hydrogen-bond acceptors (Lipinski definition) is 5. The van der Waals surface area contributed by atoms with Gasteiger partial charge in [-0.05, 0) is 45.0 Å². The average Bonchev–Trinajstić information content (AvgIpc) is 3.13. The van der Waals surface area contributed by atoms with Gasteiger partial charge >= 0.3 is 12.0 Å². The summed E-state index contributed by atoms with van der Waals surface area (Å²) < 4.78 is 12.2. The number of amides is 2. The molecule has 1 aliphatic heterocycles. The lowest BCUT2D eigenvalue weighted by atomic mass is 10.0. The Morgan fingerprint density at radius 2 is 1.83 bits per heavy atom. The van der Waals surface area contributed by atoms with Crippen molar-refractivity contribution < 1.29 is 19.1 Å². The topological polar surface area (TPSA) is 76.9 Å². The third-order valence-electron chi connectivity index (χ3n) is 5.15. The van der Waals surface area contributed by atoms with Gasteiger partial charge in [0.15, 0.2) is 5.69 Å². The smallest absolute Gasteiger partial charge is 0.359 e. The fraction of sp³-hybridized carbons (Fsp3) is 0.476. The van der Waals surface area contributed by atoms with Crippen molar-refractivity contribution in [2.75, 3.05) is 33.4 Å². The fourth-order valence-corrected chi connectivity index (χ4v) is 3.58. The van der Waals surface area contributed by atoms with Crippen LogP contribution in [-0.4, -0.2) is 64.9 Å². The second kappa shape index (κ2) is 8.98. The standard InChI is InChI=1S/C21H28N4O4/c1-5-23(6-2)21(27)24-13-12-18-17(14-24)19(20(26)29-7-3)22-25(18)15-8-10-16(28-4)11-9-15/h8-11H,5-7,12-14H2,1-4H3. The van der Waals surface area contributed by atoms with Gasteiger partial charge in [-0.15, -0.1) is 0 Å². The predicted octanol–water partition coefficient (Wildman–Crippen LogP) is 2.88. The highest BCUT2D eigenvalue weighted by atomic mass is 16.5. The molecular formula is C21H28N4O4. The minimum absolute atomic E-state index is 0.0207. The van der Waals surface area contributed by atoms with E-state index in [1.807, 2.05) is 38.1 Å². The van der Waals surface area contributed by atoms with Gasteiger partial charge in [0.1, 0.15) is 5.75 Å². The molecular weight excluding hydrogens is 372 g/mol. The van der Waals surface area contributed by atoms with E-state index >= 15 is 0 Å². The Kier molecular flexibility index (Phi) is 6.41. The number of hydrogen-bond donors (Lipinski definition) is 0. The highest BCUT2D eigenvalue weighted by Crippen LogP contribution is 2.27. The van der Waals surface area contributed by atoms with Crippen molar-refractivity contribution in [1.29, 1.82) is 0 Å². The van der Waals surface area contributed by atoms with Gasteiger partial charge in [-0.2, -0.15) is 5.10 Å². The molecule has 1 aromatic heterocycles. The predicted molar refractivity (Wildman–Crippen MR) is 109 cm³/mol. The molecule has 0 atom stereocenters. The lowest BCUT2D eigenvalue weighted by Gasteiger charge is -2.32. The molecule has 8 nitrogen and oxygen atoms in total. The van der Waals surface area contributed by atoms with E-state index in [0.717, 1.165) is 22.7 Å². The highest BCUT2D eigenvalue weighted by Gasteiger charge is 2.32. The van der Waals surface area contributed by atoms with Crippen LogP contribution in [0.15, 0.2) is 24.3 Å². The summed E-state index contributed by atoms with van der Waals surface area (Å²) in [7, 11) is 1.62. The van der Waals surface area contributed by atoms with E-state index in [1.165, 1.54) is 0 Å². The zero-order valence-corrected chi connectivity index (χ0v) is 17.5. The third kappa shape index (κ3) is 4.06. The lowest BCUT2D eigenvalue weighted by Crippen LogP contribution is -2.45. The van der Waals surface area contributed by atoms with Crippen LogP contribution in [0.25, 0.3) is 5.69 Å². The minimum Gasteiger partial charge on any atom is -0.497 e. The van der Waals surface area contributed by atoms with E-state index < -0.39 is 5.97 Å². The van der Waals surface area contributed by atoms with Gasteiger partial charge in [0, 0.05) is 31.6 Å². The molecule has 0 saturated heterocycles. The van der Waals surface area contributed by atoms with Crippen LogP contribution in [0.1, 0.15) is 42.5 Å². The van der Waals surface area contributed by atoms with Crippen LogP contribution in [0, 0.1) is 0 Å². The zero-order valence-electron chi connectivity index (χ0n) is 17.5. The van der Waals surface area contributed by atoms with Gasteiger partial charge in [0.2, 0.25) is 0 Å². The van der Waals surface area contributed by atoms with Gasteiger partial charge in [-0.3, -0.25) is 0 Å². The van der Waals surface area contributed by atoms with Crippen LogP contribution < -0.4 is 4.74 Å². The lowest BCUT2D eigenvalue weighted by molar-refractivity contribution is 0.0516. The number of methoxy groups -OCH3 is 1. The molecule has 8 heteroatoms. The van der Waals surface area contributed by atoms with E-state index in [2.05, 4.69) is 5.10 Å². The summed E-state index contributed by atoms with van der Waals surface area (Å²) >= 11 is 0. The first kappa shape index (κ1) is 20.7. The highest BCUT2D eigenvalue weighted by molar-refractivity contribution is 5.89. The van der Waals surface area contributed by atoms with Gasteiger partial charge in [-0.1, -0.05) is 0 Å². The van der Waals surface area contributed by atoms with Gasteiger partial charge in [0.25, 0.3) is 0 Å². The molecule has 2 amide bonds. The molecule has 0 spiro atoms. The number of carbonyl (C=O) groups is 2. The number of aromatic nitrogens is 2. The van der Waals surface area contributed by atoms with Gasteiger partial charge in [0.05, 0.1) is 31.6 Å². The molecule has 0 bridgehead atoms. The quantitative estimate of drug-likeness (QED) is 0.697. The third-order valence-corrected chi connectivity index (χ3v) is 5.15. The van der Waals surface area contributed by atoms with Gasteiger partial charge < -0.3 is 19.3 Å². The first-order chi connectivity index (χ1) is 14.0. The fourth-order valence-electron chi connectivity index (χ4n) is 3.58. The first-order valence-electron chi connectivity index (χ1n) is 10.00. The SMILES string of the molecule is CCOC(=O)c1nn(-c2ccc(OC)cc2)c2c1CN(C(=O)N(CC)CC)CC2. The molecule has 0 unspecified atom stereocenters. The number of rotatable bonds is 6. The number of benzene rings is 1. The second-order valence-corrected chi connectivity index (χ2v) is 6.73. The molecule has 3 rings (SSSR count). The Labute approximate surface area is 171 Å². The van der Waals surface area contributed by atoms with Gasteiger partial charge in [-0.25, -0.2) is 14.3 Å². The number of ether oxygens (including phenoxy) is 2. The van der Waals surface area contributed by atoms with E-state index in [1.54, 1.807) is 28.5 Å². The molecule has 0 saturated carbocycles. The molecule has 2 heterocycles. The van der Waals surface area contributed by atoms with Crippen LogP contribution in [0.3, 0.4) is 0 Å². The number of fused-ring (bicyclic) bond motifs is 1. The summed E-state index contributed by atoms with van der Waals surface area (Å²) in [4.78, 5) is 28.9. The Balaban J connectivity index is 1.99. The molecule has 1 aromatic carbocycles. The van der Waals surface area contributed by atoms with E-state index in [4.69, 9.17) is 9.47 Å². The van der Waals surface area contributed by atoms with Crippen molar-refractivity contribution in [3.05, 3.63) is 41.2 Å².